The van der Waals surface area contributed by atoms with Crippen molar-refractivity contribution < 1.29 is 17.6 Å². The maximum atomic E-state index is 15.2. The fourth-order valence-electron chi connectivity index (χ4n) is 6.10. The number of fused-ring (bicyclic) bond motifs is 3. The highest BCUT2D eigenvalue weighted by Gasteiger charge is 2.43. The van der Waals surface area contributed by atoms with E-state index >= 15 is 8.78 Å². The summed E-state index contributed by atoms with van der Waals surface area (Å²) in [5.41, 5.74) is 1.52. The van der Waals surface area contributed by atoms with Gasteiger partial charge >= 0.3 is 0 Å². The smallest absolute Gasteiger partial charge is 0.163 e. The third-order valence-corrected chi connectivity index (χ3v) is 7.75. The molecule has 1 saturated carbocycles. The van der Waals surface area contributed by atoms with Crippen molar-refractivity contribution in [1.82, 2.24) is 0 Å². The van der Waals surface area contributed by atoms with Gasteiger partial charge in [-0.25, -0.2) is 17.6 Å². The van der Waals surface area contributed by atoms with Crippen LogP contribution in [0.3, 0.4) is 0 Å². The predicted molar refractivity (Wildman–Crippen MR) is 117 cm³/mol. The summed E-state index contributed by atoms with van der Waals surface area (Å²) in [5, 5.41) is 0. The summed E-state index contributed by atoms with van der Waals surface area (Å²) >= 11 is 0. The van der Waals surface area contributed by atoms with Crippen LogP contribution in [0.4, 0.5) is 17.6 Å². The maximum absolute atomic E-state index is 15.2. The molecular formula is C27H34F4. The van der Waals surface area contributed by atoms with Crippen LogP contribution >= 0.6 is 0 Å². The fourth-order valence-corrected chi connectivity index (χ4v) is 6.10. The van der Waals surface area contributed by atoms with Crippen molar-refractivity contribution in [3.63, 3.8) is 0 Å². The van der Waals surface area contributed by atoms with Crippen molar-refractivity contribution in [2.75, 3.05) is 0 Å². The van der Waals surface area contributed by atoms with Crippen molar-refractivity contribution in [3.8, 4) is 0 Å². The van der Waals surface area contributed by atoms with Gasteiger partial charge in [0.05, 0.1) is 0 Å². The van der Waals surface area contributed by atoms with E-state index in [-0.39, 0.29) is 17.4 Å². The molecule has 0 aliphatic heterocycles. The molecule has 0 spiro atoms. The summed E-state index contributed by atoms with van der Waals surface area (Å²) in [5.74, 6) is -4.23. The van der Waals surface area contributed by atoms with Crippen LogP contribution in [-0.2, 0) is 6.42 Å². The lowest BCUT2D eigenvalue weighted by Crippen LogP contribution is -2.16. The summed E-state index contributed by atoms with van der Waals surface area (Å²) < 4.78 is 59.8. The first-order chi connectivity index (χ1) is 15.0. The Morgan fingerprint density at radius 2 is 1.65 bits per heavy atom. The van der Waals surface area contributed by atoms with Gasteiger partial charge in [-0.3, -0.25) is 0 Å². The van der Waals surface area contributed by atoms with Gasteiger partial charge in [0.1, 0.15) is 5.83 Å². The predicted octanol–water partition coefficient (Wildman–Crippen LogP) is 8.97. The Bertz CT molecular complexity index is 874. The second-order valence-electron chi connectivity index (χ2n) is 9.83. The number of hydrogen-bond acceptors (Lipinski definition) is 0. The zero-order valence-electron chi connectivity index (χ0n) is 18.8. The fraction of sp³-hybridized carbons (Fsp3) is 0.630. The number of hydrogen-bond donors (Lipinski definition) is 0. The first-order valence-electron chi connectivity index (χ1n) is 12.2. The van der Waals surface area contributed by atoms with Crippen LogP contribution in [0.15, 0.2) is 29.4 Å². The topological polar surface area (TPSA) is 0 Å². The molecule has 0 saturated heterocycles. The minimum absolute atomic E-state index is 0.0215. The molecule has 2 unspecified atom stereocenters. The van der Waals surface area contributed by atoms with Crippen molar-refractivity contribution >= 4 is 0 Å². The molecule has 3 aliphatic rings. The quantitative estimate of drug-likeness (QED) is 0.297. The summed E-state index contributed by atoms with van der Waals surface area (Å²) in [6.07, 6.45) is 12.2. The van der Waals surface area contributed by atoms with E-state index in [2.05, 4.69) is 6.92 Å². The Kier molecular flexibility index (Phi) is 6.93. The van der Waals surface area contributed by atoms with Crippen LogP contribution in [-0.4, -0.2) is 0 Å². The molecule has 0 bridgehead atoms. The van der Waals surface area contributed by atoms with E-state index in [1.165, 1.54) is 25.7 Å². The van der Waals surface area contributed by atoms with Crippen molar-refractivity contribution in [1.29, 1.82) is 0 Å². The van der Waals surface area contributed by atoms with Gasteiger partial charge < -0.3 is 0 Å². The molecule has 0 heterocycles. The molecule has 0 radical (unpaired) electrons. The van der Waals surface area contributed by atoms with E-state index in [1.54, 1.807) is 12.1 Å². The molecule has 2 atom stereocenters. The number of halogens is 4. The summed E-state index contributed by atoms with van der Waals surface area (Å²) in [6, 6.07) is 1.77. The average molecular weight is 435 g/mol. The zero-order valence-corrected chi connectivity index (χ0v) is 18.8. The second-order valence-corrected chi connectivity index (χ2v) is 9.83. The van der Waals surface area contributed by atoms with Gasteiger partial charge in [0.2, 0.25) is 0 Å². The molecule has 4 heteroatoms. The van der Waals surface area contributed by atoms with Crippen LogP contribution in [0.5, 0.6) is 0 Å². The van der Waals surface area contributed by atoms with Gasteiger partial charge in [-0.05, 0) is 73.0 Å². The van der Waals surface area contributed by atoms with Gasteiger partial charge in [-0.15, -0.1) is 0 Å². The lowest BCUT2D eigenvalue weighted by atomic mass is 9.76. The zero-order chi connectivity index (χ0) is 22.1. The minimum atomic E-state index is -1.02. The normalized spacial score (nSPS) is 27.9. The van der Waals surface area contributed by atoms with E-state index in [1.807, 2.05) is 6.92 Å². The molecule has 170 valence electrons. The lowest BCUT2D eigenvalue weighted by Gasteiger charge is -2.29. The third-order valence-electron chi connectivity index (χ3n) is 7.75. The molecule has 31 heavy (non-hydrogen) atoms. The highest BCUT2D eigenvalue weighted by Crippen LogP contribution is 2.52. The monoisotopic (exact) mass is 434 g/mol. The Hall–Kier alpha value is -1.58. The molecule has 0 aromatic heterocycles. The second kappa shape index (κ2) is 9.50. The molecule has 0 amide bonds. The highest BCUT2D eigenvalue weighted by molar-refractivity contribution is 5.51. The number of allylic oxidation sites excluding steroid dienone is 4. The lowest BCUT2D eigenvalue weighted by molar-refractivity contribution is 0.297. The maximum Gasteiger partial charge on any atom is 0.163 e. The first-order valence-corrected chi connectivity index (χ1v) is 12.2. The molecule has 4 rings (SSSR count). The third kappa shape index (κ3) is 4.24. The van der Waals surface area contributed by atoms with E-state index < -0.39 is 29.2 Å². The van der Waals surface area contributed by atoms with Crippen LogP contribution < -0.4 is 0 Å². The number of rotatable bonds is 7. The van der Waals surface area contributed by atoms with Crippen LogP contribution in [0.2, 0.25) is 0 Å². The van der Waals surface area contributed by atoms with E-state index in [0.717, 1.165) is 25.7 Å². The SMILES string of the molecule is CCCCCC1CCC(c2cc3c(c(F)c2F)C2C(F)=C(F)C(CCC)=CC2C3)CC1. The van der Waals surface area contributed by atoms with Gasteiger partial charge in [0, 0.05) is 11.5 Å². The summed E-state index contributed by atoms with van der Waals surface area (Å²) in [7, 11) is 0. The minimum Gasteiger partial charge on any atom is -0.208 e. The van der Waals surface area contributed by atoms with Crippen LogP contribution in [0.25, 0.3) is 0 Å². The Morgan fingerprint density at radius 3 is 2.32 bits per heavy atom. The molecule has 0 N–H and O–H groups in total. The van der Waals surface area contributed by atoms with Crippen LogP contribution in [0, 0.1) is 23.5 Å². The van der Waals surface area contributed by atoms with Crippen molar-refractivity contribution in [3.05, 3.63) is 57.7 Å². The van der Waals surface area contributed by atoms with Gasteiger partial charge in [-0.2, -0.15) is 0 Å². The average Bonchev–Trinajstić information content (AvgIpc) is 3.14. The summed E-state index contributed by atoms with van der Waals surface area (Å²) in [4.78, 5) is 0. The molecular weight excluding hydrogens is 400 g/mol. The number of benzene rings is 1. The molecule has 3 aliphatic carbocycles. The summed E-state index contributed by atoms with van der Waals surface area (Å²) in [6.45, 7) is 4.12. The Labute approximate surface area is 183 Å². The van der Waals surface area contributed by atoms with Gasteiger partial charge in [-0.1, -0.05) is 58.1 Å². The van der Waals surface area contributed by atoms with E-state index in [4.69, 9.17) is 0 Å². The van der Waals surface area contributed by atoms with Crippen molar-refractivity contribution in [2.24, 2.45) is 11.8 Å². The Morgan fingerprint density at radius 1 is 0.903 bits per heavy atom. The van der Waals surface area contributed by atoms with Gasteiger partial charge in [0.25, 0.3) is 0 Å². The van der Waals surface area contributed by atoms with E-state index in [9.17, 15) is 8.78 Å². The standard InChI is InChI=1S/C27H34F4/c1-3-5-6-8-16-9-11-17(12-10-16)21-15-20-14-19-13-18(7-4-2)24(28)26(30)22(19)23(20)27(31)25(21)29/h13,15-17,19,22H,3-12,14H2,1-2H3. The first kappa shape index (κ1) is 22.6. The molecule has 0 nitrogen and oxygen atoms in total. The van der Waals surface area contributed by atoms with E-state index in [0.29, 0.717) is 41.9 Å². The number of unbranched alkanes of at least 4 members (excludes halogenated alkanes) is 2. The molecule has 1 aromatic rings. The molecule has 1 aromatic carbocycles. The van der Waals surface area contributed by atoms with Crippen LogP contribution in [0.1, 0.15) is 107 Å². The Balaban J connectivity index is 1.56. The molecule has 1 fully saturated rings. The highest BCUT2D eigenvalue weighted by atomic mass is 19.2. The van der Waals surface area contributed by atoms with Gasteiger partial charge in [0.15, 0.2) is 17.5 Å². The largest absolute Gasteiger partial charge is 0.208 e. The van der Waals surface area contributed by atoms with Crippen molar-refractivity contribution in [2.45, 2.75) is 96.3 Å².